The standard InChI is InChI=1S/C15H28N2O2/c18-12-2-11-17(14-3-1-4-14)15(19)6-5-13-7-9-16-10-8-13/h13-14,16,18H,1-12H2. The summed E-state index contributed by atoms with van der Waals surface area (Å²) in [7, 11) is 0. The molecule has 19 heavy (non-hydrogen) atoms. The zero-order valence-electron chi connectivity index (χ0n) is 11.9. The van der Waals surface area contributed by atoms with Gasteiger partial charge in [0.05, 0.1) is 0 Å². The molecule has 0 atom stereocenters. The van der Waals surface area contributed by atoms with Crippen molar-refractivity contribution >= 4 is 5.91 Å². The number of hydrogen-bond donors (Lipinski definition) is 2. The lowest BCUT2D eigenvalue weighted by molar-refractivity contribution is -0.135. The fourth-order valence-electron chi connectivity index (χ4n) is 3.09. The maximum Gasteiger partial charge on any atom is 0.222 e. The first-order valence-corrected chi connectivity index (χ1v) is 7.92. The number of amides is 1. The molecule has 110 valence electrons. The molecule has 0 bridgehead atoms. The topological polar surface area (TPSA) is 52.6 Å². The van der Waals surface area contributed by atoms with Gasteiger partial charge < -0.3 is 15.3 Å². The molecule has 1 aliphatic heterocycles. The Morgan fingerprint density at radius 1 is 1.21 bits per heavy atom. The monoisotopic (exact) mass is 268 g/mol. The highest BCUT2D eigenvalue weighted by atomic mass is 16.3. The first-order chi connectivity index (χ1) is 9.31. The average molecular weight is 268 g/mol. The van der Waals surface area contributed by atoms with Crippen molar-refractivity contribution < 1.29 is 9.90 Å². The molecule has 0 aromatic carbocycles. The normalized spacial score (nSPS) is 21.1. The number of hydrogen-bond acceptors (Lipinski definition) is 3. The first kappa shape index (κ1) is 14.8. The van der Waals surface area contributed by atoms with Crippen LogP contribution in [0.2, 0.25) is 0 Å². The minimum atomic E-state index is 0.185. The first-order valence-electron chi connectivity index (χ1n) is 7.92. The van der Waals surface area contributed by atoms with E-state index in [4.69, 9.17) is 5.11 Å². The van der Waals surface area contributed by atoms with Crippen molar-refractivity contribution in [3.63, 3.8) is 0 Å². The van der Waals surface area contributed by atoms with E-state index in [1.807, 2.05) is 4.90 Å². The van der Waals surface area contributed by atoms with Gasteiger partial charge >= 0.3 is 0 Å². The van der Waals surface area contributed by atoms with Gasteiger partial charge in [-0.25, -0.2) is 0 Å². The lowest BCUT2D eigenvalue weighted by Crippen LogP contribution is -2.45. The molecular weight excluding hydrogens is 240 g/mol. The summed E-state index contributed by atoms with van der Waals surface area (Å²) in [6.07, 6.45) is 8.46. The molecule has 4 nitrogen and oxygen atoms in total. The lowest BCUT2D eigenvalue weighted by Gasteiger charge is -2.38. The van der Waals surface area contributed by atoms with Crippen molar-refractivity contribution in [3.8, 4) is 0 Å². The Balaban J connectivity index is 1.73. The van der Waals surface area contributed by atoms with Crippen LogP contribution >= 0.6 is 0 Å². The number of piperidine rings is 1. The third-order valence-electron chi connectivity index (χ3n) is 4.62. The Morgan fingerprint density at radius 3 is 2.53 bits per heavy atom. The second-order valence-corrected chi connectivity index (χ2v) is 5.98. The van der Waals surface area contributed by atoms with Gasteiger partial charge in [-0.3, -0.25) is 4.79 Å². The fourth-order valence-corrected chi connectivity index (χ4v) is 3.09. The van der Waals surface area contributed by atoms with E-state index in [1.54, 1.807) is 0 Å². The third kappa shape index (κ3) is 4.46. The van der Waals surface area contributed by atoms with Crippen LogP contribution in [0.5, 0.6) is 0 Å². The van der Waals surface area contributed by atoms with Gasteiger partial charge in [0.2, 0.25) is 5.91 Å². The molecule has 1 saturated carbocycles. The molecule has 2 N–H and O–H groups in total. The maximum absolute atomic E-state index is 12.4. The zero-order chi connectivity index (χ0) is 13.5. The molecule has 2 fully saturated rings. The van der Waals surface area contributed by atoms with Crippen LogP contribution in [0, 0.1) is 5.92 Å². The number of nitrogens with zero attached hydrogens (tertiary/aromatic N) is 1. The summed E-state index contributed by atoms with van der Waals surface area (Å²) in [5, 5.41) is 12.3. The van der Waals surface area contributed by atoms with E-state index in [-0.39, 0.29) is 6.61 Å². The van der Waals surface area contributed by atoms with Crippen molar-refractivity contribution in [2.24, 2.45) is 5.92 Å². The number of carbonyl (C=O) groups excluding carboxylic acids is 1. The van der Waals surface area contributed by atoms with Crippen molar-refractivity contribution in [1.29, 1.82) is 0 Å². The molecule has 0 aromatic rings. The highest BCUT2D eigenvalue weighted by Gasteiger charge is 2.28. The van der Waals surface area contributed by atoms with Gasteiger partial charge in [0.15, 0.2) is 0 Å². The number of aliphatic hydroxyl groups excluding tert-OH is 1. The Morgan fingerprint density at radius 2 is 1.95 bits per heavy atom. The van der Waals surface area contributed by atoms with Crippen LogP contribution in [0.1, 0.15) is 51.4 Å². The van der Waals surface area contributed by atoms with Crippen LogP contribution in [0.3, 0.4) is 0 Å². The molecule has 4 heteroatoms. The summed E-state index contributed by atoms with van der Waals surface area (Å²) in [5.41, 5.74) is 0. The van der Waals surface area contributed by atoms with Crippen LogP contribution < -0.4 is 5.32 Å². The molecule has 0 aromatic heterocycles. The van der Waals surface area contributed by atoms with Crippen molar-refractivity contribution in [3.05, 3.63) is 0 Å². The molecule has 0 spiro atoms. The highest BCUT2D eigenvalue weighted by molar-refractivity contribution is 5.76. The summed E-state index contributed by atoms with van der Waals surface area (Å²) in [6, 6.07) is 0.465. The summed E-state index contributed by atoms with van der Waals surface area (Å²) in [5.74, 6) is 1.04. The fraction of sp³-hybridized carbons (Fsp3) is 0.933. The second kappa shape index (κ2) is 7.85. The van der Waals surface area contributed by atoms with Gasteiger partial charge in [-0.15, -0.1) is 0 Å². The van der Waals surface area contributed by atoms with Gasteiger partial charge in [-0.05, 0) is 64.0 Å². The SMILES string of the molecule is O=C(CCC1CCNCC1)N(CCCO)C1CCC1. The van der Waals surface area contributed by atoms with Gasteiger partial charge in [0.1, 0.15) is 0 Å². The third-order valence-corrected chi connectivity index (χ3v) is 4.62. The maximum atomic E-state index is 12.4. The Kier molecular flexibility index (Phi) is 6.11. The number of nitrogens with one attached hydrogen (secondary N) is 1. The van der Waals surface area contributed by atoms with E-state index in [9.17, 15) is 4.79 Å². The molecule has 0 unspecified atom stereocenters. The zero-order valence-corrected chi connectivity index (χ0v) is 11.9. The lowest BCUT2D eigenvalue weighted by atomic mass is 9.89. The Hall–Kier alpha value is -0.610. The number of rotatable bonds is 7. The Bertz CT molecular complexity index is 273. The van der Waals surface area contributed by atoms with Crippen molar-refractivity contribution in [2.45, 2.75) is 57.4 Å². The highest BCUT2D eigenvalue weighted by Crippen LogP contribution is 2.26. The van der Waals surface area contributed by atoms with Crippen LogP contribution in [0.4, 0.5) is 0 Å². The molecule has 1 amide bonds. The van der Waals surface area contributed by atoms with Crippen molar-refractivity contribution in [1.82, 2.24) is 10.2 Å². The van der Waals surface area contributed by atoms with Crippen LogP contribution in [0.25, 0.3) is 0 Å². The van der Waals surface area contributed by atoms with Gasteiger partial charge in [0, 0.05) is 25.6 Å². The largest absolute Gasteiger partial charge is 0.396 e. The van der Waals surface area contributed by atoms with Gasteiger partial charge in [0.25, 0.3) is 0 Å². The van der Waals surface area contributed by atoms with Gasteiger partial charge in [-0.1, -0.05) is 0 Å². The predicted molar refractivity (Wildman–Crippen MR) is 75.9 cm³/mol. The molecule has 1 heterocycles. The Labute approximate surface area is 116 Å². The van der Waals surface area contributed by atoms with E-state index in [2.05, 4.69) is 5.32 Å². The summed E-state index contributed by atoms with van der Waals surface area (Å²) in [4.78, 5) is 14.4. The van der Waals surface area contributed by atoms with Crippen LogP contribution in [-0.2, 0) is 4.79 Å². The number of carbonyl (C=O) groups is 1. The van der Waals surface area contributed by atoms with E-state index >= 15 is 0 Å². The van der Waals surface area contributed by atoms with E-state index < -0.39 is 0 Å². The number of aliphatic hydroxyl groups is 1. The minimum Gasteiger partial charge on any atom is -0.396 e. The van der Waals surface area contributed by atoms with Crippen LogP contribution in [-0.4, -0.2) is 48.2 Å². The smallest absolute Gasteiger partial charge is 0.222 e. The van der Waals surface area contributed by atoms with E-state index in [0.717, 1.165) is 51.2 Å². The summed E-state index contributed by atoms with van der Waals surface area (Å²) >= 11 is 0. The van der Waals surface area contributed by atoms with Crippen LogP contribution in [0.15, 0.2) is 0 Å². The molecule has 0 radical (unpaired) electrons. The molecule has 1 aliphatic carbocycles. The quantitative estimate of drug-likeness (QED) is 0.736. The molecule has 1 saturated heterocycles. The molecule has 2 rings (SSSR count). The minimum absolute atomic E-state index is 0.185. The molecular formula is C15H28N2O2. The van der Waals surface area contributed by atoms with E-state index in [1.165, 1.54) is 19.3 Å². The predicted octanol–water partition coefficient (Wildman–Crippen LogP) is 1.53. The second-order valence-electron chi connectivity index (χ2n) is 5.98. The van der Waals surface area contributed by atoms with Gasteiger partial charge in [-0.2, -0.15) is 0 Å². The summed E-state index contributed by atoms with van der Waals surface area (Å²) in [6.45, 7) is 3.14. The summed E-state index contributed by atoms with van der Waals surface area (Å²) < 4.78 is 0. The molecule has 2 aliphatic rings. The van der Waals surface area contributed by atoms with Crippen molar-refractivity contribution in [2.75, 3.05) is 26.2 Å². The van der Waals surface area contributed by atoms with E-state index in [0.29, 0.717) is 18.4 Å². The average Bonchev–Trinajstić information content (AvgIpc) is 2.39.